The topological polar surface area (TPSA) is 106 Å². The van der Waals surface area contributed by atoms with Crippen LogP contribution >= 0.6 is 11.6 Å². The second kappa shape index (κ2) is 10.7. The summed E-state index contributed by atoms with van der Waals surface area (Å²) in [5.74, 6) is -0.156. The summed E-state index contributed by atoms with van der Waals surface area (Å²) < 4.78 is 83.4. The molecule has 0 spiro atoms. The molecule has 15 heteroatoms. The van der Waals surface area contributed by atoms with E-state index in [0.717, 1.165) is 16.8 Å². The summed E-state index contributed by atoms with van der Waals surface area (Å²) in [7, 11) is -4.03. The van der Waals surface area contributed by atoms with E-state index in [9.17, 15) is 26.0 Å². The van der Waals surface area contributed by atoms with Gasteiger partial charge in [0.2, 0.25) is 21.1 Å². The number of aryl methyl sites for hydroxylation is 1. The number of hydrogen-bond acceptors (Lipinski definition) is 7. The number of nitrogens with one attached hydrogen (secondary N) is 1. The lowest BCUT2D eigenvalue weighted by molar-refractivity contribution is -0.141. The van der Waals surface area contributed by atoms with Crippen molar-refractivity contribution < 1.29 is 26.0 Å². The van der Waals surface area contributed by atoms with E-state index >= 15 is 0 Å². The molecule has 0 aromatic carbocycles. The minimum Gasteiger partial charge on any atom is -0.324 e. The molecule has 1 unspecified atom stereocenters. The average Bonchev–Trinajstić information content (AvgIpc) is 3.28. The largest absolute Gasteiger partial charge is 0.435 e. The van der Waals surface area contributed by atoms with Crippen LogP contribution in [0, 0.1) is 6.92 Å². The van der Waals surface area contributed by atoms with Crippen molar-refractivity contribution >= 4 is 27.6 Å². The summed E-state index contributed by atoms with van der Waals surface area (Å²) in [4.78, 5) is 12.4. The molecule has 4 rings (SSSR count). The molecule has 0 saturated heterocycles. The molecule has 0 saturated carbocycles. The van der Waals surface area contributed by atoms with E-state index in [1.165, 1.54) is 48.0 Å². The van der Waals surface area contributed by atoms with Crippen LogP contribution < -0.4 is 5.32 Å². The number of nitrogens with zero attached hydrogens (tertiary/aromatic N) is 6. The van der Waals surface area contributed by atoms with Crippen LogP contribution in [0.25, 0.3) is 16.9 Å². The highest BCUT2D eigenvalue weighted by molar-refractivity contribution is 7.89. The van der Waals surface area contributed by atoms with Crippen molar-refractivity contribution in [2.45, 2.75) is 43.4 Å². The Bertz CT molecular complexity index is 1550. The smallest absolute Gasteiger partial charge is 0.324 e. The van der Waals surface area contributed by atoms with E-state index in [1.54, 1.807) is 13.8 Å². The number of anilines is 1. The number of sulfonamides is 1. The van der Waals surface area contributed by atoms with Crippen LogP contribution in [0.1, 0.15) is 31.7 Å². The van der Waals surface area contributed by atoms with Gasteiger partial charge in [-0.3, -0.25) is 4.98 Å². The number of alkyl halides is 5. The highest BCUT2D eigenvalue weighted by Gasteiger charge is 2.35. The molecular formula is C24H24ClF4N7O2S. The second-order valence-electron chi connectivity index (χ2n) is 8.56. The van der Waals surface area contributed by atoms with E-state index in [1.807, 2.05) is 0 Å². The average molecular weight is 586 g/mol. The Morgan fingerprint density at radius 3 is 2.51 bits per heavy atom. The van der Waals surface area contributed by atoms with Crippen molar-refractivity contribution in [2.75, 3.05) is 18.4 Å². The Hall–Kier alpha value is -3.36. The molecule has 0 amide bonds. The summed E-state index contributed by atoms with van der Waals surface area (Å²) in [5.41, 5.74) is -0.418. The van der Waals surface area contributed by atoms with E-state index in [4.69, 9.17) is 11.6 Å². The lowest BCUT2D eigenvalue weighted by atomic mass is 10.1. The quantitative estimate of drug-likeness (QED) is 0.285. The zero-order valence-corrected chi connectivity index (χ0v) is 22.6. The second-order valence-corrected chi connectivity index (χ2v) is 11.1. The van der Waals surface area contributed by atoms with Gasteiger partial charge in [0, 0.05) is 60.6 Å². The maximum absolute atomic E-state index is 13.9. The Kier molecular flexibility index (Phi) is 7.83. The Morgan fingerprint density at radius 1 is 1.21 bits per heavy atom. The highest BCUT2D eigenvalue weighted by atomic mass is 35.5. The van der Waals surface area contributed by atoms with Gasteiger partial charge in [0.15, 0.2) is 11.5 Å². The monoisotopic (exact) mass is 585 g/mol. The Morgan fingerprint density at radius 2 is 1.92 bits per heavy atom. The van der Waals surface area contributed by atoms with Crippen molar-refractivity contribution in [2.24, 2.45) is 0 Å². The normalized spacial score (nSPS) is 17.9. The van der Waals surface area contributed by atoms with Gasteiger partial charge < -0.3 is 5.32 Å². The fourth-order valence-corrected chi connectivity index (χ4v) is 5.69. The first-order valence-corrected chi connectivity index (χ1v) is 13.6. The predicted octanol–water partition coefficient (Wildman–Crippen LogP) is 5.24. The first kappa shape index (κ1) is 28.6. The molecule has 0 radical (unpaired) electrons. The van der Waals surface area contributed by atoms with Gasteiger partial charge in [-0.1, -0.05) is 31.5 Å². The van der Waals surface area contributed by atoms with Gasteiger partial charge in [0.05, 0.1) is 0 Å². The zero-order valence-electron chi connectivity index (χ0n) is 21.0. The van der Waals surface area contributed by atoms with Crippen LogP contribution in [0.4, 0.5) is 23.5 Å². The van der Waals surface area contributed by atoms with Crippen LogP contribution in [0.2, 0.25) is 0 Å². The minimum absolute atomic E-state index is 0.0451. The van der Waals surface area contributed by atoms with Crippen LogP contribution in [0.3, 0.4) is 0 Å². The summed E-state index contributed by atoms with van der Waals surface area (Å²) in [6.45, 7) is 5.16. The third-order valence-corrected chi connectivity index (χ3v) is 8.26. The van der Waals surface area contributed by atoms with E-state index in [0.29, 0.717) is 5.70 Å². The summed E-state index contributed by atoms with van der Waals surface area (Å²) in [5, 5.41) is 4.54. The first-order valence-electron chi connectivity index (χ1n) is 11.8. The number of aromatic nitrogens is 5. The molecule has 1 atom stereocenters. The first-order chi connectivity index (χ1) is 18.3. The predicted molar refractivity (Wildman–Crippen MR) is 137 cm³/mol. The van der Waals surface area contributed by atoms with E-state index in [-0.39, 0.29) is 53.0 Å². The van der Waals surface area contributed by atoms with Gasteiger partial charge in [-0.25, -0.2) is 22.5 Å². The van der Waals surface area contributed by atoms with Gasteiger partial charge in [0.1, 0.15) is 4.90 Å². The lowest BCUT2D eigenvalue weighted by Gasteiger charge is -2.21. The molecule has 1 aliphatic carbocycles. The van der Waals surface area contributed by atoms with E-state index < -0.39 is 27.0 Å². The third-order valence-electron chi connectivity index (χ3n) is 5.90. The molecular weight excluding hydrogens is 562 g/mol. The van der Waals surface area contributed by atoms with Crippen LogP contribution in [-0.2, 0) is 16.2 Å². The zero-order chi connectivity index (χ0) is 28.6. The van der Waals surface area contributed by atoms with E-state index in [2.05, 4.69) is 25.4 Å². The molecule has 3 aromatic rings. The molecule has 9 nitrogen and oxygen atoms in total. The minimum atomic E-state index is -4.73. The standard InChI is InChI=1S/C24H24ClF4N7O2S/c1-4-35(5-2)39(37,38)19-14-30-11-8-17(19)18-13-31-22(32-16-6-9-23(25,26)10-7-16)33-21(18)36-15(3)12-20(34-36)24(27,28)29/h6-9,11-14H,4-5,10H2,1-3H3,(H,31,32,33). The maximum Gasteiger partial charge on any atom is 0.435 e. The Balaban J connectivity index is 1.90. The molecule has 39 heavy (non-hydrogen) atoms. The van der Waals surface area contributed by atoms with Crippen molar-refractivity contribution in [3.63, 3.8) is 0 Å². The van der Waals surface area contributed by atoms with Crippen molar-refractivity contribution in [1.29, 1.82) is 0 Å². The van der Waals surface area contributed by atoms with Crippen LogP contribution in [-0.4, -0.2) is 55.7 Å². The molecule has 3 heterocycles. The highest BCUT2D eigenvalue weighted by Crippen LogP contribution is 2.35. The lowest BCUT2D eigenvalue weighted by Crippen LogP contribution is -2.31. The molecule has 208 valence electrons. The van der Waals surface area contributed by atoms with Crippen molar-refractivity contribution in [1.82, 2.24) is 29.0 Å². The van der Waals surface area contributed by atoms with Gasteiger partial charge in [-0.05, 0) is 31.2 Å². The fourth-order valence-electron chi connectivity index (χ4n) is 3.94. The van der Waals surface area contributed by atoms with Crippen LogP contribution in [0.5, 0.6) is 0 Å². The van der Waals surface area contributed by atoms with Crippen LogP contribution in [0.15, 0.2) is 59.5 Å². The van der Waals surface area contributed by atoms with Gasteiger partial charge in [-0.2, -0.15) is 27.6 Å². The number of pyridine rings is 1. The van der Waals surface area contributed by atoms with Gasteiger partial charge >= 0.3 is 6.18 Å². The van der Waals surface area contributed by atoms with Crippen molar-refractivity contribution in [3.05, 3.63) is 66.0 Å². The SMILES string of the molecule is CCN(CC)S(=O)(=O)c1cnccc1-c1cnc(NC2=CCC(F)(Cl)C=C2)nc1-n1nc(C(F)(F)F)cc1C. The molecule has 1 N–H and O–H groups in total. The van der Waals surface area contributed by atoms with Crippen molar-refractivity contribution in [3.8, 4) is 16.9 Å². The summed E-state index contributed by atoms with van der Waals surface area (Å²) in [6.07, 6.45) is 2.95. The Labute approximate surface area is 227 Å². The maximum atomic E-state index is 13.9. The number of allylic oxidation sites excluding steroid dienone is 3. The summed E-state index contributed by atoms with van der Waals surface area (Å²) >= 11 is 5.67. The fraction of sp³-hybridized carbons (Fsp3) is 0.333. The molecule has 3 aromatic heterocycles. The molecule has 1 aliphatic rings. The molecule has 0 fully saturated rings. The van der Waals surface area contributed by atoms with Gasteiger partial charge in [-0.15, -0.1) is 0 Å². The van der Waals surface area contributed by atoms with Gasteiger partial charge in [0.25, 0.3) is 0 Å². The number of halogens is 5. The molecule has 0 aliphatic heterocycles. The molecule has 0 bridgehead atoms. The number of hydrogen-bond donors (Lipinski definition) is 1. The summed E-state index contributed by atoms with van der Waals surface area (Å²) in [6, 6.07) is 2.27. The number of rotatable bonds is 8. The third kappa shape index (κ3) is 5.97.